The number of benzene rings is 9. The number of hydrogen-bond donors (Lipinski definition) is 0. The van der Waals surface area contributed by atoms with Gasteiger partial charge in [-0.1, -0.05) is 147 Å². The van der Waals surface area contributed by atoms with Gasteiger partial charge in [0.1, 0.15) is 11.5 Å². The van der Waals surface area contributed by atoms with Gasteiger partial charge < -0.3 is 14.2 Å². The standard InChI is InChI=1S/C58H40N2O/c1-57(2)47-21-9-6-18-41(47)43-31-28-39(35-51(43)57)59(38-30-33-54-46(34-38)45-20-8-13-25-53(45)60(54)37-16-4-3-5-17-37)40-29-32-44-42-19-7-10-22-48(42)58(52(44)36-40)49-23-11-14-26-55(49)61-56-27-15-12-24-50(56)58/h3-36H,1-2H3. The number of para-hydroxylation sites is 4. The van der Waals surface area contributed by atoms with Crippen molar-refractivity contribution in [2.75, 3.05) is 4.90 Å². The molecule has 0 atom stereocenters. The highest BCUT2D eigenvalue weighted by molar-refractivity contribution is 6.11. The van der Waals surface area contributed by atoms with E-state index in [0.29, 0.717) is 0 Å². The quantitative estimate of drug-likeness (QED) is 0.177. The summed E-state index contributed by atoms with van der Waals surface area (Å²) in [5.41, 5.74) is 18.9. The molecule has 0 saturated heterocycles. The third-order valence-electron chi connectivity index (χ3n) is 13.8. The first kappa shape index (κ1) is 34.3. The lowest BCUT2D eigenvalue weighted by Gasteiger charge is -2.39. The maximum absolute atomic E-state index is 6.70. The molecular formula is C58H40N2O. The Hall–Kier alpha value is -7.62. The molecule has 1 aromatic heterocycles. The smallest absolute Gasteiger partial charge is 0.132 e. The van der Waals surface area contributed by atoms with Crippen molar-refractivity contribution in [1.29, 1.82) is 0 Å². The molecule has 2 aliphatic carbocycles. The summed E-state index contributed by atoms with van der Waals surface area (Å²) in [6.07, 6.45) is 0. The SMILES string of the molecule is CC1(C)c2ccccc2-c2ccc(N(c3ccc4c(c3)C3(c5ccccc5Oc5ccccc53)c3ccccc3-4)c3ccc4c(c3)c3ccccc3n4-c3ccccc3)cc21. The minimum absolute atomic E-state index is 0.153. The summed E-state index contributed by atoms with van der Waals surface area (Å²) in [6, 6.07) is 75.9. The van der Waals surface area contributed by atoms with Crippen LogP contribution >= 0.6 is 0 Å². The van der Waals surface area contributed by atoms with Crippen LogP contribution < -0.4 is 9.64 Å². The number of anilines is 3. The second-order valence-electron chi connectivity index (χ2n) is 17.2. The summed E-state index contributed by atoms with van der Waals surface area (Å²) < 4.78 is 9.09. The van der Waals surface area contributed by atoms with Gasteiger partial charge in [-0.05, 0) is 117 Å². The monoisotopic (exact) mass is 780 g/mol. The maximum atomic E-state index is 6.70. The Bertz CT molecular complexity index is 3400. The predicted octanol–water partition coefficient (Wildman–Crippen LogP) is 15.0. The van der Waals surface area contributed by atoms with E-state index in [0.717, 1.165) is 45.4 Å². The van der Waals surface area contributed by atoms with E-state index in [1.165, 1.54) is 66.3 Å². The van der Waals surface area contributed by atoms with Crippen molar-refractivity contribution in [2.24, 2.45) is 0 Å². The largest absolute Gasteiger partial charge is 0.457 e. The van der Waals surface area contributed by atoms with E-state index in [1.807, 2.05) is 0 Å². The fourth-order valence-corrected chi connectivity index (χ4v) is 11.2. The summed E-state index contributed by atoms with van der Waals surface area (Å²) in [5.74, 6) is 1.79. The Morgan fingerprint density at radius 2 is 0.869 bits per heavy atom. The molecule has 1 aliphatic heterocycles. The summed E-state index contributed by atoms with van der Waals surface area (Å²) in [4.78, 5) is 2.49. The van der Waals surface area contributed by atoms with Gasteiger partial charge in [-0.25, -0.2) is 0 Å². The zero-order chi connectivity index (χ0) is 40.5. The molecule has 9 aromatic carbocycles. The lowest BCUT2D eigenvalue weighted by Crippen LogP contribution is -2.32. The highest BCUT2D eigenvalue weighted by Gasteiger charge is 2.51. The van der Waals surface area contributed by atoms with E-state index in [2.05, 4.69) is 230 Å². The number of fused-ring (bicyclic) bond motifs is 15. The normalized spacial score (nSPS) is 14.5. The molecule has 13 rings (SSSR count). The predicted molar refractivity (Wildman–Crippen MR) is 250 cm³/mol. The molecule has 0 amide bonds. The van der Waals surface area contributed by atoms with Gasteiger partial charge in [0, 0.05) is 50.1 Å². The van der Waals surface area contributed by atoms with E-state index in [9.17, 15) is 0 Å². The van der Waals surface area contributed by atoms with Crippen molar-refractivity contribution in [3.63, 3.8) is 0 Å². The van der Waals surface area contributed by atoms with Gasteiger partial charge in [0.25, 0.3) is 0 Å². The summed E-state index contributed by atoms with van der Waals surface area (Å²) in [5, 5.41) is 2.45. The Balaban J connectivity index is 1.09. The van der Waals surface area contributed by atoms with Crippen LogP contribution in [0.25, 0.3) is 49.7 Å². The second-order valence-corrected chi connectivity index (χ2v) is 17.2. The lowest BCUT2D eigenvalue weighted by molar-refractivity contribution is 0.436. The minimum Gasteiger partial charge on any atom is -0.457 e. The first-order chi connectivity index (χ1) is 30.0. The van der Waals surface area contributed by atoms with Gasteiger partial charge in [-0.3, -0.25) is 0 Å². The molecule has 288 valence electrons. The number of ether oxygens (including phenoxy) is 1. The second kappa shape index (κ2) is 12.5. The molecule has 1 spiro atoms. The topological polar surface area (TPSA) is 17.4 Å². The molecule has 0 N–H and O–H groups in total. The number of rotatable bonds is 4. The molecule has 0 bridgehead atoms. The summed E-state index contributed by atoms with van der Waals surface area (Å²) in [6.45, 7) is 4.74. The number of aromatic nitrogens is 1. The average molecular weight is 781 g/mol. The molecule has 3 heteroatoms. The van der Waals surface area contributed by atoms with E-state index in [1.54, 1.807) is 0 Å². The molecular weight excluding hydrogens is 741 g/mol. The van der Waals surface area contributed by atoms with Gasteiger partial charge in [0.15, 0.2) is 0 Å². The van der Waals surface area contributed by atoms with Crippen LogP contribution in [-0.2, 0) is 10.8 Å². The van der Waals surface area contributed by atoms with Crippen LogP contribution in [0.5, 0.6) is 11.5 Å². The van der Waals surface area contributed by atoms with Crippen molar-refractivity contribution >= 4 is 38.9 Å². The summed E-state index contributed by atoms with van der Waals surface area (Å²) in [7, 11) is 0. The van der Waals surface area contributed by atoms with Crippen molar-refractivity contribution < 1.29 is 4.74 Å². The highest BCUT2D eigenvalue weighted by Crippen LogP contribution is 2.63. The third-order valence-corrected chi connectivity index (χ3v) is 13.8. The van der Waals surface area contributed by atoms with Gasteiger partial charge in [-0.2, -0.15) is 0 Å². The minimum atomic E-state index is -0.576. The molecule has 0 radical (unpaired) electrons. The van der Waals surface area contributed by atoms with Crippen molar-refractivity contribution in [3.8, 4) is 39.4 Å². The van der Waals surface area contributed by atoms with Crippen LogP contribution in [0.4, 0.5) is 17.1 Å². The van der Waals surface area contributed by atoms with E-state index in [-0.39, 0.29) is 5.41 Å². The van der Waals surface area contributed by atoms with Crippen LogP contribution in [0.3, 0.4) is 0 Å². The maximum Gasteiger partial charge on any atom is 0.132 e. The summed E-state index contributed by atoms with van der Waals surface area (Å²) >= 11 is 0. The molecule has 0 unspecified atom stereocenters. The number of hydrogen-bond acceptors (Lipinski definition) is 2. The Kier molecular flexibility index (Phi) is 6.99. The van der Waals surface area contributed by atoms with E-state index >= 15 is 0 Å². The molecule has 0 fully saturated rings. The molecule has 2 heterocycles. The van der Waals surface area contributed by atoms with Crippen LogP contribution in [0.15, 0.2) is 206 Å². The molecule has 0 saturated carbocycles. The molecule has 61 heavy (non-hydrogen) atoms. The van der Waals surface area contributed by atoms with Crippen LogP contribution in [0, 0.1) is 0 Å². The zero-order valence-corrected chi connectivity index (χ0v) is 33.9. The Labute approximate surface area is 355 Å². The van der Waals surface area contributed by atoms with Gasteiger partial charge in [0.05, 0.1) is 16.4 Å². The molecule has 10 aromatic rings. The van der Waals surface area contributed by atoms with E-state index in [4.69, 9.17) is 4.74 Å². The van der Waals surface area contributed by atoms with Crippen LogP contribution in [0.2, 0.25) is 0 Å². The fraction of sp³-hybridized carbons (Fsp3) is 0.0690. The van der Waals surface area contributed by atoms with Gasteiger partial charge in [0.2, 0.25) is 0 Å². The average Bonchev–Trinajstić information content (AvgIpc) is 3.88. The van der Waals surface area contributed by atoms with Crippen molar-refractivity contribution in [2.45, 2.75) is 24.7 Å². The third kappa shape index (κ3) is 4.58. The first-order valence-corrected chi connectivity index (χ1v) is 21.3. The molecule has 3 nitrogen and oxygen atoms in total. The highest BCUT2D eigenvalue weighted by atomic mass is 16.5. The molecule has 3 aliphatic rings. The Morgan fingerprint density at radius 3 is 1.59 bits per heavy atom. The van der Waals surface area contributed by atoms with E-state index < -0.39 is 5.41 Å². The first-order valence-electron chi connectivity index (χ1n) is 21.3. The van der Waals surface area contributed by atoms with Crippen molar-refractivity contribution in [1.82, 2.24) is 4.57 Å². The van der Waals surface area contributed by atoms with Crippen molar-refractivity contribution in [3.05, 3.63) is 240 Å². The van der Waals surface area contributed by atoms with Crippen LogP contribution in [0.1, 0.15) is 47.2 Å². The van der Waals surface area contributed by atoms with Gasteiger partial charge in [-0.15, -0.1) is 0 Å². The number of nitrogens with zero attached hydrogens (tertiary/aromatic N) is 2. The van der Waals surface area contributed by atoms with Crippen LogP contribution in [-0.4, -0.2) is 4.57 Å². The zero-order valence-electron chi connectivity index (χ0n) is 33.9. The van der Waals surface area contributed by atoms with Gasteiger partial charge >= 0.3 is 0 Å². The Morgan fingerprint density at radius 1 is 0.377 bits per heavy atom. The lowest BCUT2D eigenvalue weighted by atomic mass is 9.66. The fourth-order valence-electron chi connectivity index (χ4n) is 11.2.